The van der Waals surface area contributed by atoms with E-state index in [9.17, 15) is 0 Å². The highest BCUT2D eigenvalue weighted by Crippen LogP contribution is 2.21. The number of unbranched alkanes of at least 4 members (excludes halogenated alkanes) is 20. The molecule has 4 N–H and O–H groups in total. The summed E-state index contributed by atoms with van der Waals surface area (Å²) in [5, 5.41) is 1.81. The van der Waals surface area contributed by atoms with Crippen LogP contribution in [0.5, 0.6) is 0 Å². The number of nitrogens with zero attached hydrogens (tertiary/aromatic N) is 2. The molecule has 0 aliphatic heterocycles. The van der Waals surface area contributed by atoms with Crippen LogP contribution >= 0.6 is 11.8 Å². The molecule has 248 valence electrons. The van der Waals surface area contributed by atoms with Crippen LogP contribution in [0.2, 0.25) is 0 Å². The molecule has 0 aliphatic carbocycles. The van der Waals surface area contributed by atoms with Crippen molar-refractivity contribution in [1.82, 2.24) is 4.90 Å². The Morgan fingerprint density at radius 3 is 1.43 bits per heavy atom. The molecule has 0 aliphatic rings. The predicted octanol–water partition coefficient (Wildman–Crippen LogP) is 11.9. The van der Waals surface area contributed by atoms with E-state index in [1.165, 1.54) is 153 Å². The first kappa shape index (κ1) is 41.1. The lowest BCUT2D eigenvalue weighted by Crippen LogP contribution is -2.43. The molecule has 1 rings (SSSR count). The highest BCUT2D eigenvalue weighted by atomic mass is 32.2. The Labute approximate surface area is 268 Å². The Kier molecular flexibility index (Phi) is 32.3. The maximum Gasteiger partial charge on any atom is 0.0868 e. The largest absolute Gasteiger partial charge is 0.397 e. The number of nitrogen functional groups attached to an aromatic ring is 1. The van der Waals surface area contributed by atoms with Gasteiger partial charge in [0.05, 0.1) is 18.0 Å². The minimum Gasteiger partial charge on any atom is -0.397 e. The van der Waals surface area contributed by atoms with Gasteiger partial charge in [0, 0.05) is 12.4 Å². The number of anilines is 2. The molecule has 42 heavy (non-hydrogen) atoms. The van der Waals surface area contributed by atoms with Crippen LogP contribution < -0.4 is 16.6 Å². The third-order valence-corrected chi connectivity index (χ3v) is 9.17. The lowest BCUT2D eigenvalue weighted by molar-refractivity contribution is 0.309. The van der Waals surface area contributed by atoms with E-state index in [1.807, 2.05) is 41.0 Å². The van der Waals surface area contributed by atoms with Crippen molar-refractivity contribution < 1.29 is 0 Å². The highest BCUT2D eigenvalue weighted by Gasteiger charge is 2.11. The summed E-state index contributed by atoms with van der Waals surface area (Å²) in [7, 11) is 0. The molecular weight excluding hydrogens is 533 g/mol. The van der Waals surface area contributed by atoms with Gasteiger partial charge in [-0.25, -0.2) is 5.84 Å². The van der Waals surface area contributed by atoms with Crippen LogP contribution in [0.25, 0.3) is 0 Å². The van der Waals surface area contributed by atoms with E-state index in [4.69, 9.17) is 11.6 Å². The highest BCUT2D eigenvalue weighted by molar-refractivity contribution is 7.99. The van der Waals surface area contributed by atoms with E-state index in [2.05, 4.69) is 32.6 Å². The summed E-state index contributed by atoms with van der Waals surface area (Å²) in [6.07, 6.45) is 32.0. The number of thioether (sulfide) groups is 1. The smallest absolute Gasteiger partial charge is 0.0868 e. The molecule has 0 radical (unpaired) electrons. The quantitative estimate of drug-likeness (QED) is 0.0312. The van der Waals surface area contributed by atoms with E-state index in [0.29, 0.717) is 0 Å². The summed E-state index contributed by atoms with van der Waals surface area (Å²) in [5.41, 5.74) is 7.82. The van der Waals surface area contributed by atoms with Gasteiger partial charge in [0.15, 0.2) is 0 Å². The van der Waals surface area contributed by atoms with Crippen molar-refractivity contribution in [2.45, 2.75) is 175 Å². The average Bonchev–Trinajstić information content (AvgIpc) is 3.00. The summed E-state index contributed by atoms with van der Waals surface area (Å²) in [5.74, 6) is 8.69. The van der Waals surface area contributed by atoms with Crippen molar-refractivity contribution in [2.75, 3.05) is 35.6 Å². The lowest BCUT2D eigenvalue weighted by Gasteiger charge is -2.29. The molecule has 0 heterocycles. The topological polar surface area (TPSA) is 58.5 Å². The molecule has 0 amide bonds. The minimum absolute atomic E-state index is 0.730. The van der Waals surface area contributed by atoms with Gasteiger partial charge in [-0.2, -0.15) is 0 Å². The van der Waals surface area contributed by atoms with Crippen molar-refractivity contribution in [3.63, 3.8) is 0 Å². The fourth-order valence-electron chi connectivity index (χ4n) is 5.25. The first-order chi connectivity index (χ1) is 20.6. The Morgan fingerprint density at radius 1 is 0.548 bits per heavy atom. The van der Waals surface area contributed by atoms with Gasteiger partial charge in [0.2, 0.25) is 0 Å². The molecule has 0 fully saturated rings. The zero-order valence-corrected chi connectivity index (χ0v) is 29.7. The number of para-hydroxylation sites is 2. The van der Waals surface area contributed by atoms with E-state index >= 15 is 0 Å². The second-order valence-corrected chi connectivity index (χ2v) is 13.4. The van der Waals surface area contributed by atoms with Crippen LogP contribution in [0.1, 0.15) is 175 Å². The third kappa shape index (κ3) is 26.7. The molecule has 4 nitrogen and oxygen atoms in total. The van der Waals surface area contributed by atoms with Gasteiger partial charge < -0.3 is 5.73 Å². The third-order valence-electron chi connectivity index (χ3n) is 8.05. The van der Waals surface area contributed by atoms with Gasteiger partial charge in [-0.1, -0.05) is 175 Å². The lowest BCUT2D eigenvalue weighted by atomic mass is 10.0. The van der Waals surface area contributed by atoms with Gasteiger partial charge in [-0.15, -0.1) is 11.8 Å². The summed E-state index contributed by atoms with van der Waals surface area (Å²) < 4.78 is 0. The Morgan fingerprint density at radius 2 is 0.952 bits per heavy atom. The maximum atomic E-state index is 6.41. The van der Waals surface area contributed by atoms with E-state index in [1.54, 1.807) is 0 Å². The van der Waals surface area contributed by atoms with Gasteiger partial charge in [0.1, 0.15) is 0 Å². The van der Waals surface area contributed by atoms with Crippen molar-refractivity contribution in [3.05, 3.63) is 24.3 Å². The predicted molar refractivity (Wildman–Crippen MR) is 195 cm³/mol. The van der Waals surface area contributed by atoms with Crippen LogP contribution in [0.15, 0.2) is 24.3 Å². The normalized spacial score (nSPS) is 11.1. The van der Waals surface area contributed by atoms with Crippen LogP contribution in [0.4, 0.5) is 11.4 Å². The van der Waals surface area contributed by atoms with Crippen molar-refractivity contribution >= 4 is 23.1 Å². The molecule has 0 unspecified atom stereocenters. The number of nitrogens with two attached hydrogens (primary N) is 2. The summed E-state index contributed by atoms with van der Waals surface area (Å²) >= 11 is 2.04. The molecule has 0 aromatic heterocycles. The average molecular weight is 607 g/mol. The van der Waals surface area contributed by atoms with Crippen molar-refractivity contribution in [1.29, 1.82) is 0 Å². The first-order valence-corrected chi connectivity index (χ1v) is 19.4. The summed E-state index contributed by atoms with van der Waals surface area (Å²) in [4.78, 5) is 2.49. The molecule has 5 heteroatoms. The minimum atomic E-state index is 0.730. The van der Waals surface area contributed by atoms with Crippen LogP contribution in [-0.4, -0.2) is 29.7 Å². The zero-order valence-electron chi connectivity index (χ0n) is 28.9. The molecule has 0 saturated heterocycles. The Balaban J connectivity index is 0.00000252. The zero-order chi connectivity index (χ0) is 30.9. The van der Waals surface area contributed by atoms with Crippen molar-refractivity contribution in [2.24, 2.45) is 5.84 Å². The number of rotatable bonds is 29. The molecule has 0 spiro atoms. The van der Waals surface area contributed by atoms with E-state index in [-0.39, 0.29) is 0 Å². The van der Waals surface area contributed by atoms with Crippen LogP contribution in [0, 0.1) is 0 Å². The molecule has 1 aromatic rings. The number of hydrogen-bond donors (Lipinski definition) is 2. The Bertz CT molecular complexity index is 652. The Hall–Kier alpha value is -0.910. The molecule has 0 atom stereocenters. The fraction of sp³-hybridized carbons (Fsp3) is 0.838. The molecule has 0 bridgehead atoms. The monoisotopic (exact) mass is 607 g/mol. The second kappa shape index (κ2) is 33.0. The van der Waals surface area contributed by atoms with Gasteiger partial charge in [-0.05, 0) is 30.7 Å². The van der Waals surface area contributed by atoms with Gasteiger partial charge in [0.25, 0.3) is 0 Å². The molecular formula is C37H74N4S. The number of hydrogen-bond acceptors (Lipinski definition) is 5. The van der Waals surface area contributed by atoms with Crippen LogP contribution in [0.3, 0.4) is 0 Å². The van der Waals surface area contributed by atoms with Gasteiger partial charge in [-0.3, -0.25) is 9.91 Å². The summed E-state index contributed by atoms with van der Waals surface area (Å²) in [6, 6.07) is 7.90. The number of hydrazine groups is 1. The number of benzene rings is 1. The van der Waals surface area contributed by atoms with E-state index < -0.39 is 0 Å². The maximum absolute atomic E-state index is 6.41. The van der Waals surface area contributed by atoms with E-state index in [0.717, 1.165) is 30.5 Å². The SMILES string of the molecule is CCCCCC.CCCCCCCCCCCCCCCCCCN(CSCCCCC)CN(N)c1ccccc1N. The summed E-state index contributed by atoms with van der Waals surface area (Å²) in [6.45, 7) is 10.9. The molecule has 1 aromatic carbocycles. The van der Waals surface area contributed by atoms with Gasteiger partial charge >= 0.3 is 0 Å². The fourth-order valence-corrected chi connectivity index (χ4v) is 6.25. The van der Waals surface area contributed by atoms with Crippen LogP contribution in [-0.2, 0) is 0 Å². The van der Waals surface area contributed by atoms with Crippen molar-refractivity contribution in [3.8, 4) is 0 Å². The standard InChI is InChI=1S/C31H60N4S.C6H14/c1-3-5-7-8-9-10-11-12-13-14-15-16-17-18-19-22-26-34(29-36-27-23-6-4-2)28-35(33)31-25-21-20-24-30(31)32;1-3-5-6-4-2/h20-21,24-25H,3-19,22-23,26-29,32-33H2,1-2H3;3-6H2,1-2H3. The first-order valence-electron chi connectivity index (χ1n) is 18.3. The second-order valence-electron chi connectivity index (χ2n) is 12.3. The molecule has 0 saturated carbocycles.